The lowest BCUT2D eigenvalue weighted by molar-refractivity contribution is -0.142. The molecule has 92 valence electrons. The molecule has 0 amide bonds. The first-order valence-corrected chi connectivity index (χ1v) is 6.16. The summed E-state index contributed by atoms with van der Waals surface area (Å²) in [7, 11) is 0. The van der Waals surface area contributed by atoms with Crippen LogP contribution in [0.25, 0.3) is 0 Å². The summed E-state index contributed by atoms with van der Waals surface area (Å²) in [4.78, 5) is 20.5. The van der Waals surface area contributed by atoms with E-state index in [0.717, 1.165) is 18.8 Å². The van der Waals surface area contributed by atoms with E-state index in [1.54, 1.807) is 12.5 Å². The minimum absolute atomic E-state index is 0.176. The van der Waals surface area contributed by atoms with E-state index in [4.69, 9.17) is 0 Å². The minimum Gasteiger partial charge on any atom is -0.481 e. The standard InChI is InChI=1S/C12H17N3O2/c16-12(17)11-6-15(4-9-3-13-7-14-9)5-10(11)8-1-2-8/h3,7-8,10-11H,1-2,4-6H2,(H,13,14)(H,16,17)/t10-,11+/m0/s1. The van der Waals surface area contributed by atoms with Crippen LogP contribution in [0.1, 0.15) is 18.5 Å². The van der Waals surface area contributed by atoms with Gasteiger partial charge in [0.05, 0.1) is 12.2 Å². The normalized spacial score (nSPS) is 29.6. The number of aromatic nitrogens is 2. The van der Waals surface area contributed by atoms with E-state index in [-0.39, 0.29) is 5.92 Å². The fourth-order valence-corrected chi connectivity index (χ4v) is 2.92. The third kappa shape index (κ3) is 2.20. The average molecular weight is 235 g/mol. The Morgan fingerprint density at radius 2 is 2.35 bits per heavy atom. The van der Waals surface area contributed by atoms with Crippen molar-refractivity contribution >= 4 is 5.97 Å². The van der Waals surface area contributed by atoms with Gasteiger partial charge >= 0.3 is 5.97 Å². The van der Waals surface area contributed by atoms with Gasteiger partial charge in [0.15, 0.2) is 0 Å². The summed E-state index contributed by atoms with van der Waals surface area (Å²) in [6, 6.07) is 0. The number of hydrogen-bond acceptors (Lipinski definition) is 3. The number of nitrogens with one attached hydrogen (secondary N) is 1. The predicted molar refractivity (Wildman–Crippen MR) is 61.2 cm³/mol. The van der Waals surface area contributed by atoms with Crippen LogP contribution in [0.5, 0.6) is 0 Å². The molecule has 2 aliphatic rings. The van der Waals surface area contributed by atoms with Gasteiger partial charge in [-0.05, 0) is 24.7 Å². The van der Waals surface area contributed by atoms with Crippen LogP contribution in [0, 0.1) is 17.8 Å². The summed E-state index contributed by atoms with van der Waals surface area (Å²) in [6.07, 6.45) is 5.90. The molecule has 2 atom stereocenters. The third-order valence-electron chi connectivity index (χ3n) is 3.93. The van der Waals surface area contributed by atoms with Crippen molar-refractivity contribution < 1.29 is 9.90 Å². The topological polar surface area (TPSA) is 69.2 Å². The van der Waals surface area contributed by atoms with Crippen LogP contribution >= 0.6 is 0 Å². The second-order valence-corrected chi connectivity index (χ2v) is 5.22. The van der Waals surface area contributed by atoms with Crippen molar-refractivity contribution in [2.24, 2.45) is 17.8 Å². The molecule has 2 N–H and O–H groups in total. The maximum atomic E-state index is 11.2. The molecular formula is C12H17N3O2. The van der Waals surface area contributed by atoms with Crippen LogP contribution in [0.3, 0.4) is 0 Å². The van der Waals surface area contributed by atoms with Crippen molar-refractivity contribution in [1.82, 2.24) is 14.9 Å². The van der Waals surface area contributed by atoms with Gasteiger partial charge in [0, 0.05) is 31.5 Å². The van der Waals surface area contributed by atoms with Crippen molar-refractivity contribution in [2.75, 3.05) is 13.1 Å². The Kier molecular flexibility index (Phi) is 2.63. The van der Waals surface area contributed by atoms with Gasteiger partial charge in [-0.25, -0.2) is 4.98 Å². The fraction of sp³-hybridized carbons (Fsp3) is 0.667. The summed E-state index contributed by atoms with van der Waals surface area (Å²) in [5, 5.41) is 9.26. The van der Waals surface area contributed by atoms with Crippen LogP contribution in [0.2, 0.25) is 0 Å². The number of rotatable bonds is 4. The zero-order valence-corrected chi connectivity index (χ0v) is 9.67. The number of carboxylic acids is 1. The van der Waals surface area contributed by atoms with Crippen LogP contribution in [0.15, 0.2) is 12.5 Å². The summed E-state index contributed by atoms with van der Waals surface area (Å²) >= 11 is 0. The lowest BCUT2D eigenvalue weighted by Crippen LogP contribution is -2.24. The van der Waals surface area contributed by atoms with E-state index in [0.29, 0.717) is 18.4 Å². The van der Waals surface area contributed by atoms with Crippen molar-refractivity contribution in [3.05, 3.63) is 18.2 Å². The lowest BCUT2D eigenvalue weighted by Gasteiger charge is -2.14. The van der Waals surface area contributed by atoms with Gasteiger partial charge in [-0.1, -0.05) is 0 Å². The van der Waals surface area contributed by atoms with Crippen LogP contribution in [0.4, 0.5) is 0 Å². The number of aliphatic carboxylic acids is 1. The number of carboxylic acid groups (broad SMARTS) is 1. The zero-order chi connectivity index (χ0) is 11.8. The first-order chi connectivity index (χ1) is 8.24. The largest absolute Gasteiger partial charge is 0.481 e. The Bertz CT molecular complexity index is 400. The lowest BCUT2D eigenvalue weighted by atomic mass is 9.92. The third-order valence-corrected chi connectivity index (χ3v) is 3.93. The number of carbonyl (C=O) groups is 1. The molecule has 5 nitrogen and oxygen atoms in total. The first-order valence-electron chi connectivity index (χ1n) is 6.16. The van der Waals surface area contributed by atoms with Gasteiger partial charge in [0.2, 0.25) is 0 Å². The van der Waals surface area contributed by atoms with Gasteiger partial charge in [-0.15, -0.1) is 0 Å². The van der Waals surface area contributed by atoms with E-state index in [1.165, 1.54) is 12.8 Å². The minimum atomic E-state index is -0.631. The smallest absolute Gasteiger partial charge is 0.308 e. The van der Waals surface area contributed by atoms with E-state index in [1.807, 2.05) is 0 Å². The van der Waals surface area contributed by atoms with E-state index in [9.17, 15) is 9.90 Å². The molecule has 0 unspecified atom stereocenters. The van der Waals surface area contributed by atoms with Crippen LogP contribution in [-0.2, 0) is 11.3 Å². The zero-order valence-electron chi connectivity index (χ0n) is 9.67. The Hall–Kier alpha value is -1.36. The molecule has 1 aromatic heterocycles. The van der Waals surface area contributed by atoms with Crippen molar-refractivity contribution in [1.29, 1.82) is 0 Å². The van der Waals surface area contributed by atoms with Crippen LogP contribution in [-0.4, -0.2) is 39.0 Å². The number of likely N-dealkylation sites (tertiary alicyclic amines) is 1. The summed E-state index contributed by atoms with van der Waals surface area (Å²) in [6.45, 7) is 2.38. The molecule has 1 aromatic rings. The molecule has 5 heteroatoms. The monoisotopic (exact) mass is 235 g/mol. The van der Waals surface area contributed by atoms with Gasteiger partial charge in [0.25, 0.3) is 0 Å². The maximum absolute atomic E-state index is 11.2. The SMILES string of the molecule is O=C(O)[C@@H]1CN(Cc2cnc[nH]2)C[C@H]1C1CC1. The molecule has 0 bridgehead atoms. The Balaban J connectivity index is 1.66. The number of nitrogens with zero attached hydrogens (tertiary/aromatic N) is 2. The molecular weight excluding hydrogens is 218 g/mol. The number of hydrogen-bond donors (Lipinski definition) is 2. The highest BCUT2D eigenvalue weighted by Crippen LogP contribution is 2.44. The van der Waals surface area contributed by atoms with Crippen molar-refractivity contribution in [3.63, 3.8) is 0 Å². The van der Waals surface area contributed by atoms with Crippen molar-refractivity contribution in [2.45, 2.75) is 19.4 Å². The molecule has 3 rings (SSSR count). The first kappa shape index (κ1) is 10.8. The molecule has 1 saturated heterocycles. The molecule has 0 aromatic carbocycles. The van der Waals surface area contributed by atoms with E-state index >= 15 is 0 Å². The predicted octanol–water partition coefficient (Wildman–Crippen LogP) is 0.952. The number of imidazole rings is 1. The molecule has 0 radical (unpaired) electrons. The molecule has 2 heterocycles. The summed E-state index contributed by atoms with van der Waals surface area (Å²) < 4.78 is 0. The molecule has 2 fully saturated rings. The fourth-order valence-electron chi connectivity index (χ4n) is 2.92. The Morgan fingerprint density at radius 3 is 2.94 bits per heavy atom. The quantitative estimate of drug-likeness (QED) is 0.815. The maximum Gasteiger partial charge on any atom is 0.308 e. The van der Waals surface area contributed by atoms with Crippen LogP contribution < -0.4 is 0 Å². The second kappa shape index (κ2) is 4.14. The highest BCUT2D eigenvalue weighted by Gasteiger charge is 2.45. The second-order valence-electron chi connectivity index (χ2n) is 5.22. The van der Waals surface area contributed by atoms with E-state index < -0.39 is 5.97 Å². The Labute approximate surface area is 99.8 Å². The summed E-state index contributed by atoms with van der Waals surface area (Å²) in [5.41, 5.74) is 1.06. The van der Waals surface area contributed by atoms with E-state index in [2.05, 4.69) is 14.9 Å². The average Bonchev–Trinajstić information content (AvgIpc) is 2.86. The van der Waals surface area contributed by atoms with Gasteiger partial charge in [0.1, 0.15) is 0 Å². The highest BCUT2D eigenvalue weighted by atomic mass is 16.4. The molecule has 1 saturated carbocycles. The molecule has 0 spiro atoms. The highest BCUT2D eigenvalue weighted by molar-refractivity contribution is 5.71. The molecule has 1 aliphatic heterocycles. The van der Waals surface area contributed by atoms with Crippen molar-refractivity contribution in [3.8, 4) is 0 Å². The Morgan fingerprint density at radius 1 is 1.53 bits per heavy atom. The van der Waals surface area contributed by atoms with Gasteiger partial charge < -0.3 is 10.1 Å². The summed E-state index contributed by atoms with van der Waals surface area (Å²) in [5.74, 6) is 0.206. The number of aromatic amines is 1. The molecule has 17 heavy (non-hydrogen) atoms. The number of H-pyrrole nitrogens is 1. The van der Waals surface area contributed by atoms with Gasteiger partial charge in [-0.2, -0.15) is 0 Å². The van der Waals surface area contributed by atoms with Gasteiger partial charge in [-0.3, -0.25) is 9.69 Å². The molecule has 1 aliphatic carbocycles.